The summed E-state index contributed by atoms with van der Waals surface area (Å²) < 4.78 is 37.9. The van der Waals surface area contributed by atoms with Gasteiger partial charge in [0, 0.05) is 12.7 Å². The molecule has 1 fully saturated rings. The smallest absolute Gasteiger partial charge is 0.417 e. The number of alkyl halides is 3. The molecule has 1 unspecified atom stereocenters. The molecule has 0 aliphatic carbocycles. The summed E-state index contributed by atoms with van der Waals surface area (Å²) in [6.45, 7) is 0.347. The largest absolute Gasteiger partial charge is 0.480 e. The van der Waals surface area contributed by atoms with Gasteiger partial charge in [0.15, 0.2) is 5.15 Å². The molecule has 0 spiro atoms. The summed E-state index contributed by atoms with van der Waals surface area (Å²) in [5.41, 5.74) is -0.927. The Balaban J connectivity index is 2.41. The van der Waals surface area contributed by atoms with Crippen LogP contribution in [0, 0.1) is 0 Å². The number of carboxylic acid groups (broad SMARTS) is 1. The third kappa shape index (κ3) is 2.75. The van der Waals surface area contributed by atoms with Crippen molar-refractivity contribution in [3.05, 3.63) is 23.0 Å². The number of carboxylic acids is 1. The Kier molecular flexibility index (Phi) is 3.58. The van der Waals surface area contributed by atoms with Gasteiger partial charge >= 0.3 is 12.1 Å². The van der Waals surface area contributed by atoms with Crippen molar-refractivity contribution in [2.24, 2.45) is 0 Å². The molecule has 1 aromatic rings. The number of carbonyl (C=O) groups is 1. The first-order chi connectivity index (χ1) is 8.80. The van der Waals surface area contributed by atoms with Crippen LogP contribution in [0.15, 0.2) is 12.3 Å². The van der Waals surface area contributed by atoms with Gasteiger partial charge < -0.3 is 10.0 Å². The Labute approximate surface area is 111 Å². The number of aliphatic carboxylic acids is 1. The van der Waals surface area contributed by atoms with E-state index >= 15 is 0 Å². The summed E-state index contributed by atoms with van der Waals surface area (Å²) in [6, 6.07) is -0.0147. The summed E-state index contributed by atoms with van der Waals surface area (Å²) >= 11 is 5.78. The zero-order chi connectivity index (χ0) is 14.2. The lowest BCUT2D eigenvalue weighted by molar-refractivity contribution is -0.138. The predicted molar refractivity (Wildman–Crippen MR) is 62.3 cm³/mol. The molecular weight excluding hydrogens is 285 g/mol. The first-order valence-corrected chi connectivity index (χ1v) is 5.90. The molecule has 1 aliphatic rings. The van der Waals surface area contributed by atoms with Crippen LogP contribution in [0.1, 0.15) is 18.4 Å². The molecule has 1 N–H and O–H groups in total. The number of pyridine rings is 1. The molecule has 104 valence electrons. The maximum atomic E-state index is 12.6. The maximum Gasteiger partial charge on any atom is 0.417 e. The minimum absolute atomic E-state index is 0.0152. The molecule has 19 heavy (non-hydrogen) atoms. The van der Waals surface area contributed by atoms with Crippen LogP contribution in [0.5, 0.6) is 0 Å². The molecule has 0 radical (unpaired) electrons. The number of hydrogen-bond acceptors (Lipinski definition) is 3. The highest BCUT2D eigenvalue weighted by Crippen LogP contribution is 2.36. The van der Waals surface area contributed by atoms with Crippen LogP contribution < -0.4 is 4.90 Å². The number of anilines is 1. The van der Waals surface area contributed by atoms with E-state index in [4.69, 9.17) is 16.7 Å². The van der Waals surface area contributed by atoms with Gasteiger partial charge in [-0.2, -0.15) is 13.2 Å². The van der Waals surface area contributed by atoms with Gasteiger partial charge in [-0.1, -0.05) is 11.6 Å². The van der Waals surface area contributed by atoms with Gasteiger partial charge in [0.2, 0.25) is 0 Å². The van der Waals surface area contributed by atoms with E-state index in [0.717, 1.165) is 6.07 Å². The second-order valence-electron chi connectivity index (χ2n) is 4.22. The van der Waals surface area contributed by atoms with Crippen molar-refractivity contribution in [2.75, 3.05) is 11.4 Å². The predicted octanol–water partition coefficient (Wildman–Crippen LogP) is 2.81. The second kappa shape index (κ2) is 4.88. The van der Waals surface area contributed by atoms with Crippen molar-refractivity contribution < 1.29 is 23.1 Å². The fraction of sp³-hybridized carbons (Fsp3) is 0.455. The summed E-state index contributed by atoms with van der Waals surface area (Å²) in [7, 11) is 0. The normalized spacial score (nSPS) is 19.8. The van der Waals surface area contributed by atoms with Gasteiger partial charge in [0.25, 0.3) is 0 Å². The van der Waals surface area contributed by atoms with Crippen LogP contribution >= 0.6 is 11.6 Å². The second-order valence-corrected chi connectivity index (χ2v) is 4.58. The maximum absolute atomic E-state index is 12.6. The Hall–Kier alpha value is -1.50. The zero-order valence-corrected chi connectivity index (χ0v) is 10.4. The molecule has 0 amide bonds. The lowest BCUT2D eigenvalue weighted by Gasteiger charge is -2.24. The van der Waals surface area contributed by atoms with E-state index in [0.29, 0.717) is 25.6 Å². The van der Waals surface area contributed by atoms with Crippen LogP contribution in [0.2, 0.25) is 5.15 Å². The minimum Gasteiger partial charge on any atom is -0.480 e. The van der Waals surface area contributed by atoms with Gasteiger partial charge in [0.05, 0.1) is 11.3 Å². The molecular formula is C11H10ClF3N2O2. The molecule has 0 aromatic carbocycles. The highest BCUT2D eigenvalue weighted by molar-refractivity contribution is 6.32. The van der Waals surface area contributed by atoms with E-state index in [1.165, 1.54) is 4.90 Å². The quantitative estimate of drug-likeness (QED) is 0.852. The van der Waals surface area contributed by atoms with Crippen molar-refractivity contribution in [2.45, 2.75) is 25.1 Å². The van der Waals surface area contributed by atoms with Crippen LogP contribution in [0.4, 0.5) is 18.9 Å². The topological polar surface area (TPSA) is 53.4 Å². The van der Waals surface area contributed by atoms with Crippen molar-refractivity contribution >= 4 is 23.3 Å². The molecule has 0 bridgehead atoms. The standard InChI is InChI=1S/C11H10ClF3N2O2/c12-9-8(4-6(5-16-9)11(13,14)15)17-3-1-2-7(17)10(18)19/h4-5,7H,1-3H2,(H,18,19). The van der Waals surface area contributed by atoms with Gasteiger partial charge in [-0.3, -0.25) is 0 Å². The lowest BCUT2D eigenvalue weighted by Crippen LogP contribution is -2.36. The Bertz CT molecular complexity index is 507. The monoisotopic (exact) mass is 294 g/mol. The van der Waals surface area contributed by atoms with Crippen molar-refractivity contribution in [1.29, 1.82) is 0 Å². The number of aromatic nitrogens is 1. The van der Waals surface area contributed by atoms with E-state index in [-0.39, 0.29) is 10.8 Å². The van der Waals surface area contributed by atoms with Gasteiger partial charge in [-0.05, 0) is 18.9 Å². The first-order valence-electron chi connectivity index (χ1n) is 5.53. The van der Waals surface area contributed by atoms with Crippen LogP contribution in [-0.2, 0) is 11.0 Å². The Morgan fingerprint density at radius 1 is 1.53 bits per heavy atom. The summed E-state index contributed by atoms with van der Waals surface area (Å²) in [5.74, 6) is -1.08. The van der Waals surface area contributed by atoms with E-state index in [2.05, 4.69) is 4.98 Å². The average Bonchev–Trinajstić information content (AvgIpc) is 2.76. The Morgan fingerprint density at radius 2 is 2.21 bits per heavy atom. The van der Waals surface area contributed by atoms with Crippen molar-refractivity contribution in [1.82, 2.24) is 4.98 Å². The zero-order valence-electron chi connectivity index (χ0n) is 9.62. The molecule has 1 aromatic heterocycles. The SMILES string of the molecule is O=C(O)C1CCCN1c1cc(C(F)(F)F)cnc1Cl. The van der Waals surface area contributed by atoms with Crippen molar-refractivity contribution in [3.8, 4) is 0 Å². The van der Waals surface area contributed by atoms with Crippen LogP contribution in [0.25, 0.3) is 0 Å². The van der Waals surface area contributed by atoms with E-state index in [1.807, 2.05) is 0 Å². The van der Waals surface area contributed by atoms with Crippen LogP contribution in [0.3, 0.4) is 0 Å². The van der Waals surface area contributed by atoms with E-state index < -0.39 is 23.8 Å². The number of hydrogen-bond donors (Lipinski definition) is 1. The van der Waals surface area contributed by atoms with E-state index in [1.54, 1.807) is 0 Å². The lowest BCUT2D eigenvalue weighted by atomic mass is 10.2. The number of rotatable bonds is 2. The van der Waals surface area contributed by atoms with Gasteiger partial charge in [0.1, 0.15) is 6.04 Å². The molecule has 4 nitrogen and oxygen atoms in total. The highest BCUT2D eigenvalue weighted by Gasteiger charge is 2.36. The molecule has 1 aliphatic heterocycles. The summed E-state index contributed by atoms with van der Waals surface area (Å²) in [5, 5.41) is 8.91. The average molecular weight is 295 g/mol. The fourth-order valence-corrected chi connectivity index (χ4v) is 2.32. The third-order valence-electron chi connectivity index (χ3n) is 3.00. The van der Waals surface area contributed by atoms with Crippen molar-refractivity contribution in [3.63, 3.8) is 0 Å². The Morgan fingerprint density at radius 3 is 2.79 bits per heavy atom. The third-order valence-corrected chi connectivity index (χ3v) is 3.29. The summed E-state index contributed by atoms with van der Waals surface area (Å²) in [6.07, 6.45) is -2.94. The molecule has 0 saturated carbocycles. The summed E-state index contributed by atoms with van der Waals surface area (Å²) in [4.78, 5) is 15.9. The molecule has 1 saturated heterocycles. The van der Waals surface area contributed by atoms with E-state index in [9.17, 15) is 18.0 Å². The van der Waals surface area contributed by atoms with Gasteiger partial charge in [-0.25, -0.2) is 9.78 Å². The highest BCUT2D eigenvalue weighted by atomic mass is 35.5. The van der Waals surface area contributed by atoms with Crippen LogP contribution in [-0.4, -0.2) is 28.6 Å². The minimum atomic E-state index is -4.54. The fourth-order valence-electron chi connectivity index (χ4n) is 2.10. The van der Waals surface area contributed by atoms with Gasteiger partial charge in [-0.15, -0.1) is 0 Å². The molecule has 8 heteroatoms. The molecule has 1 atom stereocenters. The first kappa shape index (κ1) is 13.9. The molecule has 2 rings (SSSR count). The molecule has 2 heterocycles. The number of nitrogens with zero attached hydrogens (tertiary/aromatic N) is 2. The number of halogens is 4.